The molecular formula is C10H9N3O5. The Kier molecular flexibility index (Phi) is 4.67. The molecule has 0 aliphatic carbocycles. The van der Waals surface area contributed by atoms with Crippen molar-refractivity contribution in [2.24, 2.45) is 5.11 Å². The van der Waals surface area contributed by atoms with Crippen LogP contribution >= 0.6 is 0 Å². The highest BCUT2D eigenvalue weighted by molar-refractivity contribution is 6.05. The van der Waals surface area contributed by atoms with Crippen LogP contribution in [0.15, 0.2) is 23.3 Å². The number of aliphatic hydroxyl groups is 1. The van der Waals surface area contributed by atoms with Crippen LogP contribution in [0, 0.1) is 0 Å². The first-order valence-electron chi connectivity index (χ1n) is 4.81. The molecule has 8 nitrogen and oxygen atoms in total. The normalized spacial score (nSPS) is 9.39. The molecule has 1 aromatic carbocycles. The summed E-state index contributed by atoms with van der Waals surface area (Å²) < 4.78 is 4.61. The summed E-state index contributed by atoms with van der Waals surface area (Å²) in [5.41, 5.74) is 7.47. The van der Waals surface area contributed by atoms with Crippen LogP contribution < -0.4 is 0 Å². The molecule has 18 heavy (non-hydrogen) atoms. The lowest BCUT2D eigenvalue weighted by molar-refractivity contribution is 0.0426. The fourth-order valence-electron chi connectivity index (χ4n) is 1.28. The summed E-state index contributed by atoms with van der Waals surface area (Å²) >= 11 is 0. The second kappa shape index (κ2) is 6.24. The molecule has 0 aromatic heterocycles. The Hall–Kier alpha value is -2.57. The Balaban J connectivity index is 3.26. The highest BCUT2D eigenvalue weighted by Crippen LogP contribution is 2.24. The van der Waals surface area contributed by atoms with Crippen molar-refractivity contribution in [3.63, 3.8) is 0 Å². The summed E-state index contributed by atoms with van der Waals surface area (Å²) in [5.74, 6) is -2.31. The molecule has 0 aliphatic rings. The summed E-state index contributed by atoms with van der Waals surface area (Å²) in [4.78, 5) is 25.1. The van der Waals surface area contributed by atoms with Gasteiger partial charge >= 0.3 is 11.9 Å². The fourth-order valence-corrected chi connectivity index (χ4v) is 1.28. The maximum absolute atomic E-state index is 11.6. The van der Waals surface area contributed by atoms with E-state index in [2.05, 4.69) is 14.8 Å². The van der Waals surface area contributed by atoms with Gasteiger partial charge in [0.1, 0.15) is 6.61 Å². The van der Waals surface area contributed by atoms with Crippen molar-refractivity contribution < 1.29 is 24.5 Å². The zero-order chi connectivity index (χ0) is 13.5. The van der Waals surface area contributed by atoms with E-state index in [1.807, 2.05) is 0 Å². The number of esters is 1. The molecule has 0 heterocycles. The van der Waals surface area contributed by atoms with Gasteiger partial charge in [-0.15, -0.1) is 0 Å². The van der Waals surface area contributed by atoms with Gasteiger partial charge in [-0.2, -0.15) is 0 Å². The standard InChI is InChI=1S/C10H9N3O5/c11-13-12-7-3-1-2-6(8(7)9(15)16)10(17)18-5-4-14/h1-3,14H,4-5H2,(H,15,16). The second-order valence-electron chi connectivity index (χ2n) is 3.05. The van der Waals surface area contributed by atoms with Gasteiger partial charge in [-0.1, -0.05) is 17.2 Å². The van der Waals surface area contributed by atoms with Gasteiger partial charge in [0, 0.05) is 4.91 Å². The highest BCUT2D eigenvalue weighted by atomic mass is 16.5. The van der Waals surface area contributed by atoms with Crippen molar-refractivity contribution >= 4 is 17.6 Å². The van der Waals surface area contributed by atoms with Crippen LogP contribution in [0.5, 0.6) is 0 Å². The number of carboxylic acid groups (broad SMARTS) is 1. The minimum Gasteiger partial charge on any atom is -0.478 e. The molecule has 8 heteroatoms. The van der Waals surface area contributed by atoms with Gasteiger partial charge in [0.25, 0.3) is 0 Å². The van der Waals surface area contributed by atoms with Gasteiger partial charge in [0.15, 0.2) is 0 Å². The first kappa shape index (κ1) is 13.5. The summed E-state index contributed by atoms with van der Waals surface area (Å²) in [5, 5.41) is 20.7. The average molecular weight is 251 g/mol. The largest absolute Gasteiger partial charge is 0.478 e. The van der Waals surface area contributed by atoms with E-state index in [1.165, 1.54) is 18.2 Å². The predicted molar refractivity (Wildman–Crippen MR) is 59.6 cm³/mol. The van der Waals surface area contributed by atoms with Gasteiger partial charge in [0.2, 0.25) is 0 Å². The van der Waals surface area contributed by atoms with Gasteiger partial charge in [-0.25, -0.2) is 9.59 Å². The van der Waals surface area contributed by atoms with E-state index in [-0.39, 0.29) is 24.5 Å². The van der Waals surface area contributed by atoms with Crippen LogP contribution in [0.1, 0.15) is 20.7 Å². The molecule has 1 aromatic rings. The maximum atomic E-state index is 11.6. The Bertz CT molecular complexity index is 522. The number of hydrogen-bond acceptors (Lipinski definition) is 5. The molecule has 0 bridgehead atoms. The van der Waals surface area contributed by atoms with Gasteiger partial charge in [-0.05, 0) is 11.6 Å². The van der Waals surface area contributed by atoms with Crippen LogP contribution in [0.2, 0.25) is 0 Å². The number of carbonyl (C=O) groups excluding carboxylic acids is 1. The molecule has 0 radical (unpaired) electrons. The topological polar surface area (TPSA) is 133 Å². The lowest BCUT2D eigenvalue weighted by Gasteiger charge is -2.07. The number of azide groups is 1. The van der Waals surface area contributed by atoms with Crippen LogP contribution in [0.4, 0.5) is 5.69 Å². The molecule has 0 unspecified atom stereocenters. The molecule has 0 saturated carbocycles. The van der Waals surface area contributed by atoms with Crippen molar-refractivity contribution in [1.29, 1.82) is 0 Å². The molecule has 0 fully saturated rings. The van der Waals surface area contributed by atoms with Crippen LogP contribution in [0.25, 0.3) is 10.4 Å². The van der Waals surface area contributed by atoms with E-state index in [0.29, 0.717) is 0 Å². The van der Waals surface area contributed by atoms with E-state index in [1.54, 1.807) is 0 Å². The fraction of sp³-hybridized carbons (Fsp3) is 0.200. The van der Waals surface area contributed by atoms with E-state index < -0.39 is 17.5 Å². The minimum absolute atomic E-state index is 0.177. The first-order valence-corrected chi connectivity index (χ1v) is 4.81. The second-order valence-corrected chi connectivity index (χ2v) is 3.05. The van der Waals surface area contributed by atoms with Gasteiger partial charge in [0.05, 0.1) is 23.4 Å². The van der Waals surface area contributed by atoms with Crippen molar-refractivity contribution in [3.05, 3.63) is 39.8 Å². The van der Waals surface area contributed by atoms with Crippen molar-refractivity contribution in [1.82, 2.24) is 0 Å². The molecule has 0 saturated heterocycles. The monoisotopic (exact) mass is 251 g/mol. The Morgan fingerprint density at radius 3 is 2.72 bits per heavy atom. The van der Waals surface area contributed by atoms with Crippen molar-refractivity contribution in [2.45, 2.75) is 0 Å². The van der Waals surface area contributed by atoms with E-state index in [0.717, 1.165) is 0 Å². The Labute approximate surface area is 101 Å². The van der Waals surface area contributed by atoms with Crippen LogP contribution in [-0.4, -0.2) is 35.4 Å². The molecule has 0 aliphatic heterocycles. The molecule has 94 valence electrons. The average Bonchev–Trinajstić information content (AvgIpc) is 2.35. The van der Waals surface area contributed by atoms with Crippen molar-refractivity contribution in [3.8, 4) is 0 Å². The molecule has 0 amide bonds. The van der Waals surface area contributed by atoms with E-state index >= 15 is 0 Å². The quantitative estimate of drug-likeness (QED) is 0.354. The molecule has 0 atom stereocenters. The molecule has 0 spiro atoms. The lowest BCUT2D eigenvalue weighted by atomic mass is 10.1. The van der Waals surface area contributed by atoms with E-state index in [4.69, 9.17) is 15.7 Å². The third kappa shape index (κ3) is 2.97. The minimum atomic E-state index is -1.41. The predicted octanol–water partition coefficient (Wildman–Crippen LogP) is 1.48. The third-order valence-corrected chi connectivity index (χ3v) is 1.95. The van der Waals surface area contributed by atoms with Crippen LogP contribution in [-0.2, 0) is 4.74 Å². The SMILES string of the molecule is [N-]=[N+]=Nc1cccc(C(=O)OCCO)c1C(=O)O. The number of carbonyl (C=O) groups is 2. The van der Waals surface area contributed by atoms with E-state index in [9.17, 15) is 9.59 Å². The summed E-state index contributed by atoms with van der Waals surface area (Å²) in [6.45, 7) is -0.617. The number of carboxylic acids is 1. The number of nitrogens with zero attached hydrogens (tertiary/aromatic N) is 3. The highest BCUT2D eigenvalue weighted by Gasteiger charge is 2.20. The maximum Gasteiger partial charge on any atom is 0.339 e. The summed E-state index contributed by atoms with van der Waals surface area (Å²) in [6.07, 6.45) is 0. The summed E-state index contributed by atoms with van der Waals surface area (Å²) in [7, 11) is 0. The number of ether oxygens (including phenoxy) is 1. The number of hydrogen-bond donors (Lipinski definition) is 2. The zero-order valence-corrected chi connectivity index (χ0v) is 9.11. The zero-order valence-electron chi connectivity index (χ0n) is 9.11. The van der Waals surface area contributed by atoms with Crippen molar-refractivity contribution in [2.75, 3.05) is 13.2 Å². The first-order chi connectivity index (χ1) is 8.61. The van der Waals surface area contributed by atoms with Gasteiger partial charge < -0.3 is 14.9 Å². The number of aromatic carboxylic acids is 1. The Morgan fingerprint density at radius 2 is 2.17 bits per heavy atom. The van der Waals surface area contributed by atoms with Gasteiger partial charge in [-0.3, -0.25) is 0 Å². The molecule has 2 N–H and O–H groups in total. The molecular weight excluding hydrogens is 242 g/mol. The smallest absolute Gasteiger partial charge is 0.339 e. The van der Waals surface area contributed by atoms with Crippen LogP contribution in [0.3, 0.4) is 0 Å². The Morgan fingerprint density at radius 1 is 1.44 bits per heavy atom. The third-order valence-electron chi connectivity index (χ3n) is 1.95. The molecule has 1 rings (SSSR count). The summed E-state index contributed by atoms with van der Waals surface area (Å²) in [6, 6.07) is 3.87. The number of aliphatic hydroxyl groups excluding tert-OH is 1. The number of rotatable bonds is 5. The lowest BCUT2D eigenvalue weighted by Crippen LogP contribution is -2.13. The number of benzene rings is 1.